The monoisotopic (exact) mass is 310 g/mol. The van der Waals surface area contributed by atoms with Gasteiger partial charge < -0.3 is 9.84 Å². The molecule has 1 rings (SSSR count). The molecule has 0 aromatic heterocycles. The number of esters is 1. The number of carboxylic acid groups (broad SMARTS) is 1. The van der Waals surface area contributed by atoms with Gasteiger partial charge in [-0.15, -0.1) is 11.6 Å². The number of ether oxygens (including phenoxy) is 1. The third-order valence-corrected chi connectivity index (χ3v) is 2.79. The summed E-state index contributed by atoms with van der Waals surface area (Å²) in [4.78, 5) is 34.7. The second kappa shape index (κ2) is 8.21. The van der Waals surface area contributed by atoms with Gasteiger partial charge in [0.25, 0.3) is 0 Å². The van der Waals surface area contributed by atoms with E-state index in [1.54, 1.807) is 19.1 Å². The molecule has 0 aliphatic heterocycles. The van der Waals surface area contributed by atoms with Gasteiger partial charge in [-0.05, 0) is 18.6 Å². The molecule has 0 spiro atoms. The number of carboxylic acids is 1. The lowest BCUT2D eigenvalue weighted by Gasteiger charge is -2.10. The number of halogens is 1. The van der Waals surface area contributed by atoms with E-state index < -0.39 is 11.9 Å². The third kappa shape index (κ3) is 4.72. The Labute approximate surface area is 127 Å². The van der Waals surface area contributed by atoms with Gasteiger partial charge in [-0.3, -0.25) is 4.79 Å². The Bertz CT molecular complexity index is 577. The highest BCUT2D eigenvalue weighted by molar-refractivity contribution is 6.20. The van der Waals surface area contributed by atoms with Crippen molar-refractivity contribution in [3.63, 3.8) is 0 Å². The van der Waals surface area contributed by atoms with E-state index in [0.29, 0.717) is 5.56 Å². The van der Waals surface area contributed by atoms with Gasteiger partial charge in [-0.2, -0.15) is 0 Å². The molecule has 0 amide bonds. The van der Waals surface area contributed by atoms with Crippen molar-refractivity contribution in [1.29, 1.82) is 0 Å². The van der Waals surface area contributed by atoms with Crippen molar-refractivity contribution in [2.75, 3.05) is 12.5 Å². The molecule has 0 bridgehead atoms. The van der Waals surface area contributed by atoms with E-state index in [1.807, 2.05) is 0 Å². The summed E-state index contributed by atoms with van der Waals surface area (Å²) in [7, 11) is 0. The molecule has 112 valence electrons. The summed E-state index contributed by atoms with van der Waals surface area (Å²) in [6, 6.07) is 4.62. The molecule has 0 fully saturated rings. The molecular formula is C15H15ClO5. The van der Waals surface area contributed by atoms with E-state index >= 15 is 0 Å². The number of carbonyl (C=O) groups excluding carboxylic acids is 2. The standard InChI is InChI=1S/C15H15ClO5/c1-2-21-15(20)14-10(6-7-13(18)19)4-3-5-11(14)12(17)8-9-16/h3-7H,2,8-9H2,1H3,(H,18,19)/b7-6+. The second-order valence-corrected chi connectivity index (χ2v) is 4.40. The van der Waals surface area contributed by atoms with Crippen LogP contribution in [0.1, 0.15) is 39.6 Å². The van der Waals surface area contributed by atoms with Crippen LogP contribution in [-0.4, -0.2) is 35.3 Å². The van der Waals surface area contributed by atoms with Crippen molar-refractivity contribution < 1.29 is 24.2 Å². The maximum Gasteiger partial charge on any atom is 0.339 e. The van der Waals surface area contributed by atoms with E-state index in [9.17, 15) is 14.4 Å². The number of aliphatic carboxylic acids is 1. The zero-order valence-corrected chi connectivity index (χ0v) is 12.2. The summed E-state index contributed by atoms with van der Waals surface area (Å²) in [6.07, 6.45) is 2.24. The summed E-state index contributed by atoms with van der Waals surface area (Å²) in [5, 5.41) is 8.68. The zero-order valence-electron chi connectivity index (χ0n) is 11.5. The van der Waals surface area contributed by atoms with Crippen molar-refractivity contribution >= 4 is 35.4 Å². The maximum absolute atomic E-state index is 12.1. The molecule has 6 heteroatoms. The Hall–Kier alpha value is -2.14. The van der Waals surface area contributed by atoms with Crippen molar-refractivity contribution in [1.82, 2.24) is 0 Å². The minimum atomic E-state index is -1.15. The lowest BCUT2D eigenvalue weighted by molar-refractivity contribution is -0.131. The van der Waals surface area contributed by atoms with Crippen LogP contribution in [0.4, 0.5) is 0 Å². The average Bonchev–Trinajstić information content (AvgIpc) is 2.45. The topological polar surface area (TPSA) is 80.7 Å². The van der Waals surface area contributed by atoms with Crippen LogP contribution >= 0.6 is 11.6 Å². The second-order valence-electron chi connectivity index (χ2n) is 4.02. The first-order chi connectivity index (χ1) is 10.0. The number of hydrogen-bond donors (Lipinski definition) is 1. The summed E-state index contributed by atoms with van der Waals surface area (Å²) in [5.41, 5.74) is 0.560. The van der Waals surface area contributed by atoms with Crippen molar-refractivity contribution in [3.05, 3.63) is 41.0 Å². The maximum atomic E-state index is 12.1. The predicted molar refractivity (Wildman–Crippen MR) is 78.7 cm³/mol. The van der Waals surface area contributed by atoms with Crippen LogP contribution in [0.25, 0.3) is 6.08 Å². The molecule has 0 aliphatic carbocycles. The quantitative estimate of drug-likeness (QED) is 0.362. The van der Waals surface area contributed by atoms with Crippen molar-refractivity contribution in [2.45, 2.75) is 13.3 Å². The first kappa shape index (κ1) is 16.9. The molecule has 0 unspecified atom stereocenters. The van der Waals surface area contributed by atoms with Crippen molar-refractivity contribution in [3.8, 4) is 0 Å². The van der Waals surface area contributed by atoms with E-state index in [1.165, 1.54) is 12.1 Å². The van der Waals surface area contributed by atoms with Gasteiger partial charge in [-0.25, -0.2) is 9.59 Å². The summed E-state index contributed by atoms with van der Waals surface area (Å²) in [6.45, 7) is 1.80. The first-order valence-electron chi connectivity index (χ1n) is 6.31. The van der Waals surface area contributed by atoms with Gasteiger partial charge >= 0.3 is 11.9 Å². The van der Waals surface area contributed by atoms with Crippen molar-refractivity contribution in [2.24, 2.45) is 0 Å². The van der Waals surface area contributed by atoms with Crippen LogP contribution in [-0.2, 0) is 9.53 Å². The highest BCUT2D eigenvalue weighted by atomic mass is 35.5. The van der Waals surface area contributed by atoms with E-state index in [2.05, 4.69) is 0 Å². The van der Waals surface area contributed by atoms with Gasteiger partial charge in [0.15, 0.2) is 5.78 Å². The van der Waals surface area contributed by atoms with Gasteiger partial charge in [0.1, 0.15) is 0 Å². The van der Waals surface area contributed by atoms with Gasteiger partial charge in [0, 0.05) is 23.9 Å². The molecule has 1 N–H and O–H groups in total. The SMILES string of the molecule is CCOC(=O)c1c(/C=C/C(=O)O)cccc1C(=O)CCCl. The van der Waals surface area contributed by atoms with Crippen LogP contribution in [0, 0.1) is 0 Å². The van der Waals surface area contributed by atoms with E-state index in [-0.39, 0.29) is 35.8 Å². The Morgan fingerprint density at radius 1 is 1.33 bits per heavy atom. The highest BCUT2D eigenvalue weighted by Crippen LogP contribution is 2.20. The minimum absolute atomic E-state index is 0.0620. The lowest BCUT2D eigenvalue weighted by atomic mass is 9.96. The molecule has 21 heavy (non-hydrogen) atoms. The molecule has 0 aliphatic rings. The summed E-state index contributed by atoms with van der Waals surface area (Å²) < 4.78 is 4.94. The molecule has 1 aromatic carbocycles. The van der Waals surface area contributed by atoms with Crippen LogP contribution in [0.5, 0.6) is 0 Å². The molecule has 0 atom stereocenters. The van der Waals surface area contributed by atoms with Crippen LogP contribution in [0.3, 0.4) is 0 Å². The summed E-state index contributed by atoms with van der Waals surface area (Å²) in [5.74, 6) is -1.97. The predicted octanol–water partition coefficient (Wildman–Crippen LogP) is 2.77. The average molecular weight is 311 g/mol. The van der Waals surface area contributed by atoms with Gasteiger partial charge in [0.05, 0.1) is 12.2 Å². The van der Waals surface area contributed by atoms with Crippen LogP contribution in [0.15, 0.2) is 24.3 Å². The Morgan fingerprint density at radius 3 is 2.62 bits per heavy atom. The third-order valence-electron chi connectivity index (χ3n) is 2.60. The number of carbonyl (C=O) groups is 3. The minimum Gasteiger partial charge on any atom is -0.478 e. The molecule has 0 radical (unpaired) electrons. The van der Waals surface area contributed by atoms with E-state index in [0.717, 1.165) is 6.08 Å². The number of benzene rings is 1. The highest BCUT2D eigenvalue weighted by Gasteiger charge is 2.20. The molecule has 0 saturated heterocycles. The number of rotatable bonds is 7. The zero-order chi connectivity index (χ0) is 15.8. The lowest BCUT2D eigenvalue weighted by Crippen LogP contribution is -2.14. The molecule has 1 aromatic rings. The number of alkyl halides is 1. The smallest absolute Gasteiger partial charge is 0.339 e. The molecule has 5 nitrogen and oxygen atoms in total. The number of ketones is 1. The Kier molecular flexibility index (Phi) is 6.62. The Morgan fingerprint density at radius 2 is 2.05 bits per heavy atom. The number of hydrogen-bond acceptors (Lipinski definition) is 4. The molecule has 0 saturated carbocycles. The van der Waals surface area contributed by atoms with E-state index in [4.69, 9.17) is 21.4 Å². The number of Topliss-reactive ketones (excluding diaryl/α,β-unsaturated/α-hetero) is 1. The van der Waals surface area contributed by atoms with Gasteiger partial charge in [-0.1, -0.05) is 18.2 Å². The Balaban J connectivity index is 3.36. The summed E-state index contributed by atoms with van der Waals surface area (Å²) >= 11 is 5.55. The van der Waals surface area contributed by atoms with Crippen LogP contribution in [0.2, 0.25) is 0 Å². The first-order valence-corrected chi connectivity index (χ1v) is 6.85. The van der Waals surface area contributed by atoms with Gasteiger partial charge in [0.2, 0.25) is 0 Å². The normalized spacial score (nSPS) is 10.6. The fourth-order valence-corrected chi connectivity index (χ4v) is 1.93. The fourth-order valence-electron chi connectivity index (χ4n) is 1.75. The van der Waals surface area contributed by atoms with Crippen LogP contribution < -0.4 is 0 Å². The molecule has 0 heterocycles. The largest absolute Gasteiger partial charge is 0.478 e. The fraction of sp³-hybridized carbons (Fsp3) is 0.267. The molecular weight excluding hydrogens is 296 g/mol.